The molecule has 3 nitrogen and oxygen atoms in total. The number of carbonyl (C=O) groups excluding carboxylic acids is 1. The second kappa shape index (κ2) is 12.8. The van der Waals surface area contributed by atoms with E-state index in [1.807, 2.05) is 18.7 Å². The van der Waals surface area contributed by atoms with E-state index in [1.165, 1.54) is 4.90 Å². The minimum atomic E-state index is 0. The van der Waals surface area contributed by atoms with Crippen molar-refractivity contribution in [3.05, 3.63) is 29.8 Å². The van der Waals surface area contributed by atoms with Gasteiger partial charge in [-0.1, -0.05) is 31.9 Å². The summed E-state index contributed by atoms with van der Waals surface area (Å²) in [6, 6.07) is 8.52. The van der Waals surface area contributed by atoms with Gasteiger partial charge in [-0.2, -0.15) is 0 Å². The lowest BCUT2D eigenvalue weighted by Crippen LogP contribution is -2.26. The molecule has 0 aliphatic rings. The lowest BCUT2D eigenvalue weighted by molar-refractivity contribution is -0.121. The summed E-state index contributed by atoms with van der Waals surface area (Å²) in [7, 11) is 0. The third kappa shape index (κ3) is 8.66. The van der Waals surface area contributed by atoms with E-state index in [9.17, 15) is 4.79 Å². The average Bonchev–Trinajstić information content (AvgIpc) is 2.48. The highest BCUT2D eigenvalue weighted by molar-refractivity contribution is 7.99. The van der Waals surface area contributed by atoms with Crippen LogP contribution >= 0.6 is 24.2 Å². The maximum atomic E-state index is 11.9. The highest BCUT2D eigenvalue weighted by atomic mass is 35.5. The lowest BCUT2D eigenvalue weighted by atomic mass is 10.1. The van der Waals surface area contributed by atoms with Gasteiger partial charge in [-0.3, -0.25) is 4.79 Å². The molecule has 1 aromatic carbocycles. The molecule has 1 rings (SSSR count). The Morgan fingerprint density at radius 3 is 2.41 bits per heavy atom. The van der Waals surface area contributed by atoms with Gasteiger partial charge in [-0.15, -0.1) is 24.2 Å². The van der Waals surface area contributed by atoms with E-state index in [4.69, 9.17) is 5.73 Å². The van der Waals surface area contributed by atoms with Crippen LogP contribution in [0, 0.1) is 0 Å². The van der Waals surface area contributed by atoms with E-state index in [0.717, 1.165) is 43.5 Å². The maximum Gasteiger partial charge on any atom is 0.220 e. The maximum absolute atomic E-state index is 11.9. The zero-order chi connectivity index (χ0) is 15.5. The van der Waals surface area contributed by atoms with Gasteiger partial charge >= 0.3 is 0 Å². The minimum absolute atomic E-state index is 0. The summed E-state index contributed by atoms with van der Waals surface area (Å²) in [6.45, 7) is 4.93. The van der Waals surface area contributed by atoms with Gasteiger partial charge < -0.3 is 11.1 Å². The zero-order valence-electron chi connectivity index (χ0n) is 13.6. The molecule has 3 N–H and O–H groups in total. The van der Waals surface area contributed by atoms with Gasteiger partial charge in [0.2, 0.25) is 5.91 Å². The van der Waals surface area contributed by atoms with Gasteiger partial charge in [0.15, 0.2) is 0 Å². The van der Waals surface area contributed by atoms with Gasteiger partial charge in [0, 0.05) is 11.3 Å². The molecule has 0 saturated carbocycles. The molecule has 1 amide bonds. The number of amides is 1. The van der Waals surface area contributed by atoms with Crippen molar-refractivity contribution >= 4 is 30.1 Å². The van der Waals surface area contributed by atoms with Crippen molar-refractivity contribution in [3.63, 3.8) is 0 Å². The summed E-state index contributed by atoms with van der Waals surface area (Å²) in [5, 5.41) is 3.07. The van der Waals surface area contributed by atoms with Gasteiger partial charge in [-0.25, -0.2) is 0 Å². The number of nitrogens with two attached hydrogens (primary N) is 1. The molecule has 0 heterocycles. The third-order valence-corrected chi connectivity index (χ3v) is 4.32. The monoisotopic (exact) mass is 344 g/mol. The number of nitrogens with one attached hydrogen (secondary N) is 1. The largest absolute Gasteiger partial charge is 0.350 e. The van der Waals surface area contributed by atoms with Gasteiger partial charge in [0.05, 0.1) is 6.04 Å². The molecule has 126 valence electrons. The number of thioether (sulfide) groups is 1. The predicted octanol–water partition coefficient (Wildman–Crippen LogP) is 4.31. The molecule has 0 radical (unpaired) electrons. The molecule has 0 fully saturated rings. The van der Waals surface area contributed by atoms with Gasteiger partial charge in [0.1, 0.15) is 0 Å². The minimum Gasteiger partial charge on any atom is -0.350 e. The van der Waals surface area contributed by atoms with Crippen LogP contribution in [0.15, 0.2) is 29.2 Å². The van der Waals surface area contributed by atoms with Crippen LogP contribution < -0.4 is 11.1 Å². The topological polar surface area (TPSA) is 55.1 Å². The van der Waals surface area contributed by atoms with Crippen molar-refractivity contribution in [1.29, 1.82) is 0 Å². The summed E-state index contributed by atoms with van der Waals surface area (Å²) in [5.41, 5.74) is 6.61. The second-order valence-electron chi connectivity index (χ2n) is 5.24. The SMILES string of the molecule is CCSc1ccc(C(C)NC(=O)CCCCCCN)cc1.Cl. The summed E-state index contributed by atoms with van der Waals surface area (Å²) in [5.74, 6) is 1.22. The Balaban J connectivity index is 0.00000441. The van der Waals surface area contributed by atoms with Crippen molar-refractivity contribution in [1.82, 2.24) is 5.32 Å². The van der Waals surface area contributed by atoms with Gasteiger partial charge in [-0.05, 0) is 49.8 Å². The number of carbonyl (C=O) groups is 1. The first kappa shape index (κ1) is 21.3. The Kier molecular flexibility index (Phi) is 12.4. The zero-order valence-corrected chi connectivity index (χ0v) is 15.3. The number of unbranched alkanes of at least 4 members (excludes halogenated alkanes) is 3. The molecular weight excluding hydrogens is 316 g/mol. The molecule has 22 heavy (non-hydrogen) atoms. The standard InChI is InChI=1S/C17H28N2OS.ClH/c1-3-21-16-11-9-15(10-12-16)14(2)19-17(20)8-6-4-5-7-13-18;/h9-12,14H,3-8,13,18H2,1-2H3,(H,19,20);1H. The van der Waals surface area contributed by atoms with Crippen molar-refractivity contribution in [2.45, 2.75) is 56.9 Å². The first-order chi connectivity index (χ1) is 10.2. The lowest BCUT2D eigenvalue weighted by Gasteiger charge is -2.15. The summed E-state index contributed by atoms with van der Waals surface area (Å²) >= 11 is 1.83. The molecule has 1 aromatic rings. The first-order valence-electron chi connectivity index (χ1n) is 7.89. The fourth-order valence-corrected chi connectivity index (χ4v) is 2.86. The first-order valence-corrected chi connectivity index (χ1v) is 8.88. The second-order valence-corrected chi connectivity index (χ2v) is 6.58. The molecule has 1 unspecified atom stereocenters. The summed E-state index contributed by atoms with van der Waals surface area (Å²) in [6.07, 6.45) is 4.82. The Bertz CT molecular complexity index is 412. The van der Waals surface area contributed by atoms with Crippen molar-refractivity contribution in [3.8, 4) is 0 Å². The van der Waals surface area contributed by atoms with E-state index in [0.29, 0.717) is 6.42 Å². The van der Waals surface area contributed by atoms with Crippen molar-refractivity contribution < 1.29 is 4.79 Å². The number of hydrogen-bond donors (Lipinski definition) is 2. The number of halogens is 1. The smallest absolute Gasteiger partial charge is 0.220 e. The highest BCUT2D eigenvalue weighted by Gasteiger charge is 2.09. The van der Waals surface area contributed by atoms with E-state index in [-0.39, 0.29) is 24.4 Å². The molecule has 0 aliphatic heterocycles. The van der Waals surface area contributed by atoms with Crippen LogP contribution in [0.5, 0.6) is 0 Å². The average molecular weight is 345 g/mol. The van der Waals surface area contributed by atoms with E-state index < -0.39 is 0 Å². The normalized spacial score (nSPS) is 11.6. The number of benzene rings is 1. The Morgan fingerprint density at radius 1 is 1.18 bits per heavy atom. The van der Waals surface area contributed by atoms with Crippen molar-refractivity contribution in [2.24, 2.45) is 5.73 Å². The molecule has 0 saturated heterocycles. The Hall–Kier alpha value is -0.710. The third-order valence-electron chi connectivity index (χ3n) is 3.43. The van der Waals surface area contributed by atoms with Crippen LogP contribution in [-0.2, 0) is 4.79 Å². The fraction of sp³-hybridized carbons (Fsp3) is 0.588. The van der Waals surface area contributed by atoms with E-state index >= 15 is 0 Å². The fourth-order valence-electron chi connectivity index (χ4n) is 2.20. The molecule has 5 heteroatoms. The molecule has 0 aliphatic carbocycles. The Morgan fingerprint density at radius 2 is 1.82 bits per heavy atom. The molecule has 1 atom stereocenters. The summed E-state index contributed by atoms with van der Waals surface area (Å²) in [4.78, 5) is 13.2. The molecule has 0 bridgehead atoms. The molecular formula is C17H29ClN2OS. The van der Waals surface area contributed by atoms with Gasteiger partial charge in [0.25, 0.3) is 0 Å². The van der Waals surface area contributed by atoms with Crippen LogP contribution in [0.25, 0.3) is 0 Å². The quantitative estimate of drug-likeness (QED) is 0.491. The predicted molar refractivity (Wildman–Crippen MR) is 98.8 cm³/mol. The summed E-state index contributed by atoms with van der Waals surface area (Å²) < 4.78 is 0. The van der Waals surface area contributed by atoms with Crippen LogP contribution in [0.1, 0.15) is 57.6 Å². The van der Waals surface area contributed by atoms with E-state index in [2.05, 4.69) is 36.5 Å². The van der Waals surface area contributed by atoms with Crippen molar-refractivity contribution in [2.75, 3.05) is 12.3 Å². The molecule has 0 spiro atoms. The van der Waals surface area contributed by atoms with Crippen LogP contribution in [0.4, 0.5) is 0 Å². The van der Waals surface area contributed by atoms with Crippen LogP contribution in [0.2, 0.25) is 0 Å². The van der Waals surface area contributed by atoms with Crippen LogP contribution in [-0.4, -0.2) is 18.2 Å². The number of hydrogen-bond acceptors (Lipinski definition) is 3. The number of rotatable bonds is 10. The van der Waals surface area contributed by atoms with E-state index in [1.54, 1.807) is 0 Å². The molecule has 0 aromatic heterocycles. The van der Waals surface area contributed by atoms with Crippen LogP contribution in [0.3, 0.4) is 0 Å². The Labute approximate surface area is 145 Å². The highest BCUT2D eigenvalue weighted by Crippen LogP contribution is 2.20.